The number of ether oxygens (including phenoxy) is 1. The second kappa shape index (κ2) is 10.5. The van der Waals surface area contributed by atoms with Crippen LogP contribution < -0.4 is 10.6 Å². The Balaban J connectivity index is 1.70. The lowest BCUT2D eigenvalue weighted by molar-refractivity contribution is -0.147. The van der Waals surface area contributed by atoms with Crippen LogP contribution in [0.4, 0.5) is 5.69 Å². The smallest absolute Gasteiger partial charge is 0.246 e. The summed E-state index contributed by atoms with van der Waals surface area (Å²) >= 11 is 0. The second-order valence-corrected chi connectivity index (χ2v) is 14.0. The fourth-order valence-corrected chi connectivity index (χ4v) is 7.76. The summed E-state index contributed by atoms with van der Waals surface area (Å²) in [7, 11) is 0. The van der Waals surface area contributed by atoms with Crippen LogP contribution in [0, 0.1) is 23.2 Å². The predicted molar refractivity (Wildman–Crippen MR) is 151 cm³/mol. The average Bonchev–Trinajstić information content (AvgIpc) is 3.32. The van der Waals surface area contributed by atoms with Gasteiger partial charge in [0.2, 0.25) is 17.7 Å². The summed E-state index contributed by atoms with van der Waals surface area (Å²) in [5.74, 6) is -2.11. The lowest BCUT2D eigenvalue weighted by Crippen LogP contribution is -2.59. The molecule has 3 heterocycles. The minimum atomic E-state index is -1.07. The average molecular weight is 542 g/mol. The molecule has 3 fully saturated rings. The molecule has 0 aromatic heterocycles. The van der Waals surface area contributed by atoms with Crippen LogP contribution in [-0.4, -0.2) is 63.7 Å². The lowest BCUT2D eigenvalue weighted by atomic mass is 9.62. The Morgan fingerprint density at radius 2 is 1.74 bits per heavy atom. The first-order valence-corrected chi connectivity index (χ1v) is 14.4. The van der Waals surface area contributed by atoms with Crippen molar-refractivity contribution in [3.63, 3.8) is 0 Å². The number of aliphatic hydroxyl groups is 1. The highest BCUT2D eigenvalue weighted by molar-refractivity contribution is 6.02. The molecule has 3 N–H and O–H groups in total. The minimum Gasteiger partial charge on any atom is -0.396 e. The number of unbranched alkanes of at least 4 members (excludes halogenated alkanes) is 2. The number of rotatable bonds is 10. The summed E-state index contributed by atoms with van der Waals surface area (Å²) in [6, 6.07) is 8.42. The summed E-state index contributed by atoms with van der Waals surface area (Å²) in [6.45, 7) is 14.9. The molecular weight excluding hydrogens is 494 g/mol. The molecule has 3 unspecified atom stereocenters. The van der Waals surface area contributed by atoms with Gasteiger partial charge in [-0.15, -0.1) is 0 Å². The van der Waals surface area contributed by atoms with Crippen LogP contribution in [0.15, 0.2) is 30.3 Å². The topological polar surface area (TPSA) is 108 Å². The van der Waals surface area contributed by atoms with Gasteiger partial charge in [-0.25, -0.2) is 0 Å². The Kier molecular flexibility index (Phi) is 7.96. The number of likely N-dealkylation sites (tertiary alicyclic amines) is 1. The Hall–Kier alpha value is -2.45. The number of nitrogens with zero attached hydrogens (tertiary/aromatic N) is 1. The molecule has 39 heavy (non-hydrogen) atoms. The zero-order valence-electron chi connectivity index (χ0n) is 24.7. The molecule has 6 atom stereocenters. The van der Waals surface area contributed by atoms with Gasteiger partial charge in [0.05, 0.1) is 17.4 Å². The number of para-hydroxylation sites is 1. The highest BCUT2D eigenvalue weighted by Crippen LogP contribution is 2.65. The van der Waals surface area contributed by atoms with Crippen LogP contribution in [0.3, 0.4) is 0 Å². The van der Waals surface area contributed by atoms with Gasteiger partial charge in [0.15, 0.2) is 0 Å². The zero-order chi connectivity index (χ0) is 28.8. The van der Waals surface area contributed by atoms with Gasteiger partial charge in [-0.1, -0.05) is 45.9 Å². The van der Waals surface area contributed by atoms with Gasteiger partial charge < -0.3 is 25.4 Å². The Morgan fingerprint density at radius 1 is 1.08 bits per heavy atom. The van der Waals surface area contributed by atoms with E-state index in [1.54, 1.807) is 4.90 Å². The number of fused-ring (bicyclic) bond motifs is 1. The van der Waals surface area contributed by atoms with E-state index in [4.69, 9.17) is 4.74 Å². The molecule has 3 saturated heterocycles. The fourth-order valence-electron chi connectivity index (χ4n) is 7.76. The van der Waals surface area contributed by atoms with Crippen molar-refractivity contribution in [2.45, 2.75) is 103 Å². The number of aliphatic hydroxyl groups excluding tert-OH is 1. The van der Waals surface area contributed by atoms with E-state index in [9.17, 15) is 19.5 Å². The molecule has 3 aliphatic heterocycles. The van der Waals surface area contributed by atoms with Crippen molar-refractivity contribution in [2.75, 3.05) is 18.5 Å². The molecule has 1 spiro atoms. The number of hydrogen-bond donors (Lipinski definition) is 3. The van der Waals surface area contributed by atoms with E-state index in [-0.39, 0.29) is 35.7 Å². The van der Waals surface area contributed by atoms with E-state index in [0.29, 0.717) is 31.5 Å². The maximum Gasteiger partial charge on any atom is 0.246 e. The van der Waals surface area contributed by atoms with Crippen molar-refractivity contribution in [2.24, 2.45) is 23.2 Å². The number of carbonyl (C=O) groups excluding carboxylic acids is 3. The monoisotopic (exact) mass is 541 g/mol. The molecule has 0 aliphatic carbocycles. The van der Waals surface area contributed by atoms with Gasteiger partial charge in [-0.05, 0) is 76.3 Å². The van der Waals surface area contributed by atoms with Crippen molar-refractivity contribution < 1.29 is 24.2 Å². The summed E-state index contributed by atoms with van der Waals surface area (Å²) in [4.78, 5) is 43.9. The summed E-state index contributed by atoms with van der Waals surface area (Å²) in [5, 5.41) is 15.5. The molecule has 8 nitrogen and oxygen atoms in total. The Morgan fingerprint density at radius 3 is 2.36 bits per heavy atom. The van der Waals surface area contributed by atoms with E-state index < -0.39 is 34.6 Å². The van der Waals surface area contributed by atoms with Gasteiger partial charge in [0.1, 0.15) is 11.6 Å². The summed E-state index contributed by atoms with van der Waals surface area (Å²) in [6.07, 6.45) is 3.35. The summed E-state index contributed by atoms with van der Waals surface area (Å²) < 4.78 is 6.81. The van der Waals surface area contributed by atoms with E-state index in [2.05, 4.69) is 38.3 Å². The highest BCUT2D eigenvalue weighted by atomic mass is 16.5. The molecule has 8 heteroatoms. The van der Waals surface area contributed by atoms with Crippen molar-refractivity contribution in [3.05, 3.63) is 30.3 Å². The largest absolute Gasteiger partial charge is 0.396 e. The highest BCUT2D eigenvalue weighted by Gasteiger charge is 2.79. The minimum absolute atomic E-state index is 0.00198. The number of carbonyl (C=O) groups is 3. The van der Waals surface area contributed by atoms with Crippen molar-refractivity contribution in [1.82, 2.24) is 10.2 Å². The van der Waals surface area contributed by atoms with Crippen LogP contribution in [0.1, 0.15) is 80.6 Å². The van der Waals surface area contributed by atoms with Crippen LogP contribution >= 0.6 is 0 Å². The van der Waals surface area contributed by atoms with Crippen molar-refractivity contribution >= 4 is 23.4 Å². The van der Waals surface area contributed by atoms with E-state index >= 15 is 0 Å². The molecule has 1 aromatic carbocycles. The number of amides is 3. The van der Waals surface area contributed by atoms with Crippen LogP contribution in [0.25, 0.3) is 0 Å². The second-order valence-electron chi connectivity index (χ2n) is 14.0. The molecule has 2 bridgehead atoms. The molecular formula is C31H47N3O5. The van der Waals surface area contributed by atoms with Crippen LogP contribution in [0.5, 0.6) is 0 Å². The normalized spacial score (nSPS) is 31.9. The molecule has 3 amide bonds. The molecule has 3 aliphatic rings. The number of benzene rings is 1. The van der Waals surface area contributed by atoms with E-state index in [1.807, 2.05) is 51.1 Å². The zero-order valence-corrected chi connectivity index (χ0v) is 24.7. The van der Waals surface area contributed by atoms with E-state index in [1.165, 1.54) is 0 Å². The number of hydrogen-bond acceptors (Lipinski definition) is 5. The van der Waals surface area contributed by atoms with Crippen molar-refractivity contribution in [1.29, 1.82) is 0 Å². The van der Waals surface area contributed by atoms with Crippen LogP contribution in [0.2, 0.25) is 0 Å². The maximum atomic E-state index is 14.2. The van der Waals surface area contributed by atoms with Crippen molar-refractivity contribution in [3.8, 4) is 0 Å². The number of anilines is 1. The quantitative estimate of drug-likeness (QED) is 0.386. The molecule has 216 valence electrons. The standard InChI is InChI=1S/C31H47N3O5/c1-20-18-31-23(22(30(20,7)39-31)25(36)32-21-14-10-8-11-15-21)27(38)34(16-12-9-13-17-35)24(31)26(37)33-29(5,6)19-28(2,3)4/h8,10-11,14-15,20,22-24,35H,9,12-13,16-19H2,1-7H3,(H,32,36)(H,33,37)/t20?,22-,23+,24?,30+,31?/m1/s1. The predicted octanol–water partition coefficient (Wildman–Crippen LogP) is 4.13. The Labute approximate surface area is 233 Å². The fraction of sp³-hybridized carbons (Fsp3) is 0.710. The number of nitrogens with one attached hydrogen (secondary N) is 2. The van der Waals surface area contributed by atoms with Gasteiger partial charge in [-0.3, -0.25) is 14.4 Å². The van der Waals surface area contributed by atoms with Gasteiger partial charge >= 0.3 is 0 Å². The Bertz CT molecular complexity index is 1080. The molecule has 0 radical (unpaired) electrons. The first-order valence-electron chi connectivity index (χ1n) is 14.4. The van der Waals surface area contributed by atoms with E-state index in [0.717, 1.165) is 12.8 Å². The van der Waals surface area contributed by atoms with Crippen LogP contribution in [-0.2, 0) is 19.1 Å². The first kappa shape index (κ1) is 29.5. The molecule has 0 saturated carbocycles. The molecule has 4 rings (SSSR count). The van der Waals surface area contributed by atoms with Gasteiger partial charge in [0, 0.05) is 24.4 Å². The third-order valence-corrected chi connectivity index (χ3v) is 8.88. The maximum absolute atomic E-state index is 14.2. The third kappa shape index (κ3) is 5.47. The summed E-state index contributed by atoms with van der Waals surface area (Å²) in [5.41, 5.74) is -1.76. The lowest BCUT2D eigenvalue weighted by Gasteiger charge is -2.38. The SMILES string of the molecule is CC1CC23O[C@]1(C)[C@@H](C(=O)Nc1ccccc1)[C@H]2C(=O)N(CCCCCO)C3C(=O)NC(C)(C)CC(C)(C)C. The molecule has 1 aromatic rings. The van der Waals surface area contributed by atoms with Gasteiger partial charge in [0.25, 0.3) is 0 Å². The third-order valence-electron chi connectivity index (χ3n) is 8.88. The first-order chi connectivity index (χ1) is 18.2. The van der Waals surface area contributed by atoms with Gasteiger partial charge in [-0.2, -0.15) is 0 Å².